The molecule has 1 aliphatic carbocycles. The summed E-state index contributed by atoms with van der Waals surface area (Å²) in [7, 11) is 0. The third-order valence-electron chi connectivity index (χ3n) is 5.38. The summed E-state index contributed by atoms with van der Waals surface area (Å²) in [6.07, 6.45) is 3.03. The molecular weight excluding hydrogens is 317 g/mol. The van der Waals surface area contributed by atoms with Gasteiger partial charge in [-0.15, -0.1) is 0 Å². The van der Waals surface area contributed by atoms with Gasteiger partial charge in [-0.1, -0.05) is 31.2 Å². The second-order valence-electron chi connectivity index (χ2n) is 6.87. The van der Waals surface area contributed by atoms with Crippen molar-refractivity contribution in [3.05, 3.63) is 47.0 Å². The summed E-state index contributed by atoms with van der Waals surface area (Å²) in [4.78, 5) is 2.53. The Morgan fingerprint density at radius 1 is 1.28 bits per heavy atom. The van der Waals surface area contributed by atoms with Gasteiger partial charge in [0.15, 0.2) is 11.5 Å². The van der Waals surface area contributed by atoms with E-state index in [9.17, 15) is 9.50 Å². The minimum atomic E-state index is -0.560. The zero-order valence-electron chi connectivity index (χ0n) is 14.6. The Morgan fingerprint density at radius 2 is 2.12 bits per heavy atom. The van der Waals surface area contributed by atoms with Gasteiger partial charge in [0.2, 0.25) is 0 Å². The second-order valence-corrected chi connectivity index (χ2v) is 6.87. The molecule has 0 amide bonds. The lowest BCUT2D eigenvalue weighted by Gasteiger charge is -2.42. The number of ether oxygens (including phenoxy) is 1. The fourth-order valence-corrected chi connectivity index (χ4v) is 4.37. The molecule has 0 aromatic heterocycles. The van der Waals surface area contributed by atoms with E-state index < -0.39 is 6.67 Å². The number of rotatable bonds is 5. The van der Waals surface area contributed by atoms with Crippen molar-refractivity contribution in [1.82, 2.24) is 4.90 Å². The van der Waals surface area contributed by atoms with Crippen LogP contribution >= 0.6 is 0 Å². The Bertz CT molecular complexity index is 790. The molecule has 0 fully saturated rings. The van der Waals surface area contributed by atoms with Gasteiger partial charge in [0.1, 0.15) is 13.3 Å². The highest BCUT2D eigenvalue weighted by Crippen LogP contribution is 2.52. The van der Waals surface area contributed by atoms with Crippen LogP contribution in [0.2, 0.25) is 0 Å². The van der Waals surface area contributed by atoms with E-state index in [2.05, 4.69) is 30.0 Å². The van der Waals surface area contributed by atoms with Gasteiger partial charge in [-0.3, -0.25) is 4.90 Å². The van der Waals surface area contributed by atoms with E-state index >= 15 is 0 Å². The number of phenolic OH excluding ortho intramolecular Hbond substituents is 1. The lowest BCUT2D eigenvalue weighted by molar-refractivity contribution is 0.182. The number of hydrogen-bond donors (Lipinski definition) is 1. The maximum absolute atomic E-state index is 12.6. The van der Waals surface area contributed by atoms with Crippen molar-refractivity contribution in [1.29, 1.82) is 0 Å². The van der Waals surface area contributed by atoms with E-state index in [-0.39, 0.29) is 12.4 Å². The summed E-state index contributed by atoms with van der Waals surface area (Å²) in [5.74, 6) is 0.563. The summed E-state index contributed by atoms with van der Waals surface area (Å²) in [5.41, 5.74) is 5.69. The zero-order valence-corrected chi connectivity index (χ0v) is 14.6. The fourth-order valence-electron chi connectivity index (χ4n) is 4.37. The molecule has 1 aliphatic heterocycles. The molecule has 1 heterocycles. The van der Waals surface area contributed by atoms with Crippen LogP contribution < -0.4 is 4.74 Å². The first-order valence-corrected chi connectivity index (χ1v) is 9.14. The van der Waals surface area contributed by atoms with Crippen LogP contribution in [0, 0.1) is 0 Å². The minimum Gasteiger partial charge on any atom is -0.504 e. The number of benzene rings is 2. The molecule has 3 nitrogen and oxygen atoms in total. The molecule has 4 heteroatoms. The first-order valence-electron chi connectivity index (χ1n) is 9.14. The largest absolute Gasteiger partial charge is 0.504 e. The summed E-state index contributed by atoms with van der Waals surface area (Å²) in [6, 6.07) is 10.5. The average Bonchev–Trinajstić information content (AvgIpc) is 2.64. The molecule has 4 rings (SSSR count). The van der Waals surface area contributed by atoms with Crippen LogP contribution in [0.4, 0.5) is 4.39 Å². The van der Waals surface area contributed by atoms with Crippen molar-refractivity contribution in [3.8, 4) is 22.6 Å². The Balaban J connectivity index is 1.91. The molecule has 0 radical (unpaired) electrons. The van der Waals surface area contributed by atoms with Crippen LogP contribution in [0.25, 0.3) is 11.1 Å². The monoisotopic (exact) mass is 341 g/mol. The van der Waals surface area contributed by atoms with Crippen molar-refractivity contribution in [3.63, 3.8) is 0 Å². The van der Waals surface area contributed by atoms with E-state index in [0.717, 1.165) is 43.5 Å². The number of hydrogen-bond acceptors (Lipinski definition) is 3. The number of alkyl halides is 1. The van der Waals surface area contributed by atoms with Gasteiger partial charge >= 0.3 is 0 Å². The molecule has 0 saturated heterocycles. The SMILES string of the molecule is CCCN1CCc2cc(OCCF)c(O)c3c2[C@H]1Cc1ccccc1-3. The normalized spacial score (nSPS) is 18.6. The maximum atomic E-state index is 12.6. The molecule has 2 aromatic rings. The zero-order chi connectivity index (χ0) is 17.4. The van der Waals surface area contributed by atoms with Crippen LogP contribution in [0.1, 0.15) is 36.1 Å². The smallest absolute Gasteiger partial charge is 0.166 e. The van der Waals surface area contributed by atoms with Gasteiger partial charge in [-0.25, -0.2) is 4.39 Å². The van der Waals surface area contributed by atoms with Crippen LogP contribution in [0.3, 0.4) is 0 Å². The molecule has 0 saturated carbocycles. The fraction of sp³-hybridized carbons (Fsp3) is 0.429. The Hall–Kier alpha value is -2.07. The van der Waals surface area contributed by atoms with Crippen molar-refractivity contribution in [2.45, 2.75) is 32.2 Å². The highest BCUT2D eigenvalue weighted by molar-refractivity contribution is 5.83. The molecule has 2 aromatic carbocycles. The van der Waals surface area contributed by atoms with Gasteiger partial charge in [0.05, 0.1) is 0 Å². The first-order chi connectivity index (χ1) is 12.2. The standard InChI is InChI=1S/C21H24FNO2/c1-2-9-23-10-7-15-13-18(25-11-8-22)21(24)20-16-6-4-3-5-14(16)12-17(23)19(15)20/h3-6,13,17,24H,2,7-12H2,1H3/t17-/m1/s1. The van der Waals surface area contributed by atoms with Crippen LogP contribution in [-0.2, 0) is 12.8 Å². The molecule has 132 valence electrons. The molecule has 0 unspecified atom stereocenters. The molecule has 0 bridgehead atoms. The number of nitrogens with zero attached hydrogens (tertiary/aromatic N) is 1. The van der Waals surface area contributed by atoms with E-state index in [4.69, 9.17) is 4.74 Å². The average molecular weight is 341 g/mol. The minimum absolute atomic E-state index is 0.0289. The van der Waals surface area contributed by atoms with Gasteiger partial charge in [0, 0.05) is 18.2 Å². The van der Waals surface area contributed by atoms with Crippen molar-refractivity contribution >= 4 is 0 Å². The third kappa shape index (κ3) is 2.69. The number of halogens is 1. The van der Waals surface area contributed by atoms with Crippen LogP contribution in [-0.4, -0.2) is 36.4 Å². The Labute approximate surface area is 148 Å². The van der Waals surface area contributed by atoms with Crippen molar-refractivity contribution < 1.29 is 14.2 Å². The highest BCUT2D eigenvalue weighted by Gasteiger charge is 2.36. The Kier molecular flexibility index (Phi) is 4.38. The predicted molar refractivity (Wildman–Crippen MR) is 97.0 cm³/mol. The summed E-state index contributed by atoms with van der Waals surface area (Å²) < 4.78 is 18.1. The lowest BCUT2D eigenvalue weighted by Crippen LogP contribution is -2.38. The molecule has 0 spiro atoms. The number of fused-ring (bicyclic) bond motifs is 2. The second kappa shape index (κ2) is 6.68. The lowest BCUT2D eigenvalue weighted by atomic mass is 9.76. The van der Waals surface area contributed by atoms with Crippen molar-refractivity contribution in [2.24, 2.45) is 0 Å². The van der Waals surface area contributed by atoms with Crippen LogP contribution in [0.5, 0.6) is 11.5 Å². The number of phenols is 1. The first kappa shape index (κ1) is 16.4. The van der Waals surface area contributed by atoms with Crippen molar-refractivity contribution in [2.75, 3.05) is 26.4 Å². The molecule has 25 heavy (non-hydrogen) atoms. The van der Waals surface area contributed by atoms with E-state index in [1.54, 1.807) is 0 Å². The molecular formula is C21H24FNO2. The van der Waals surface area contributed by atoms with E-state index in [1.807, 2.05) is 12.1 Å². The highest BCUT2D eigenvalue weighted by atomic mass is 19.1. The quantitative estimate of drug-likeness (QED) is 0.881. The van der Waals surface area contributed by atoms with E-state index in [1.165, 1.54) is 16.7 Å². The van der Waals surface area contributed by atoms with E-state index in [0.29, 0.717) is 11.8 Å². The molecule has 1 N–H and O–H groups in total. The predicted octanol–water partition coefficient (Wildman–Crippen LogP) is 4.27. The number of aromatic hydroxyl groups is 1. The van der Waals surface area contributed by atoms with Gasteiger partial charge in [0.25, 0.3) is 0 Å². The third-order valence-corrected chi connectivity index (χ3v) is 5.38. The summed E-state index contributed by atoms with van der Waals surface area (Å²) in [6.45, 7) is 3.69. The maximum Gasteiger partial charge on any atom is 0.166 e. The molecule has 2 aliphatic rings. The van der Waals surface area contributed by atoms with Crippen LogP contribution in [0.15, 0.2) is 30.3 Å². The van der Waals surface area contributed by atoms with Gasteiger partial charge in [-0.05, 0) is 54.1 Å². The van der Waals surface area contributed by atoms with Gasteiger partial charge in [-0.2, -0.15) is 0 Å². The Morgan fingerprint density at radius 3 is 2.92 bits per heavy atom. The molecule has 1 atom stereocenters. The van der Waals surface area contributed by atoms with Gasteiger partial charge < -0.3 is 9.84 Å². The summed E-state index contributed by atoms with van der Waals surface area (Å²) in [5, 5.41) is 10.9. The topological polar surface area (TPSA) is 32.7 Å². The summed E-state index contributed by atoms with van der Waals surface area (Å²) >= 11 is 0.